The van der Waals surface area contributed by atoms with Crippen LogP contribution in [-0.2, 0) is 14.3 Å². The normalized spacial score (nSPS) is 29.7. The minimum absolute atomic E-state index is 0.183. The minimum Gasteiger partial charge on any atom is -0.498 e. The topological polar surface area (TPSA) is 43.4 Å². The van der Waals surface area contributed by atoms with Crippen molar-refractivity contribution in [1.29, 1.82) is 0 Å². The summed E-state index contributed by atoms with van der Waals surface area (Å²) in [6, 6.07) is 0. The molecule has 0 saturated carbocycles. The number of Topliss-reactive ketones (excluding diaryl/α,β-unsaturated/α-hetero) is 1. The molecule has 1 rings (SSSR count). The van der Waals surface area contributed by atoms with E-state index in [9.17, 15) is 9.59 Å². The number of carbonyl (C=O) groups is 2. The van der Waals surface area contributed by atoms with E-state index in [-0.39, 0.29) is 12.0 Å². The summed E-state index contributed by atoms with van der Waals surface area (Å²) in [5, 5.41) is 0. The van der Waals surface area contributed by atoms with Gasteiger partial charge in [-0.05, 0) is 13.0 Å². The Morgan fingerprint density at radius 1 is 1.70 bits per heavy atom. The van der Waals surface area contributed by atoms with Gasteiger partial charge in [0.2, 0.25) is 5.78 Å². The lowest BCUT2D eigenvalue weighted by Gasteiger charge is -2.08. The van der Waals surface area contributed by atoms with Crippen LogP contribution in [0, 0.1) is 5.92 Å². The molecule has 0 aromatic rings. The van der Waals surface area contributed by atoms with Gasteiger partial charge in [0.1, 0.15) is 6.10 Å². The lowest BCUT2D eigenvalue weighted by molar-refractivity contribution is -0.132. The Balaban J connectivity index is 2.63. The summed E-state index contributed by atoms with van der Waals surface area (Å²) in [6.45, 7) is 1.76. The van der Waals surface area contributed by atoms with Gasteiger partial charge in [-0.1, -0.05) is 0 Å². The number of hydrogen-bond donors (Lipinski definition) is 0. The zero-order valence-corrected chi connectivity index (χ0v) is 5.61. The Bertz CT molecular complexity index is 183. The largest absolute Gasteiger partial charge is 0.498 e. The molecule has 3 heteroatoms. The predicted molar refractivity (Wildman–Crippen MR) is 34.2 cm³/mol. The van der Waals surface area contributed by atoms with Crippen molar-refractivity contribution in [1.82, 2.24) is 0 Å². The Morgan fingerprint density at radius 3 is 2.80 bits per heavy atom. The van der Waals surface area contributed by atoms with Gasteiger partial charge in [-0.2, -0.15) is 0 Å². The van der Waals surface area contributed by atoms with E-state index >= 15 is 0 Å². The second kappa shape index (κ2) is 2.64. The zero-order chi connectivity index (χ0) is 7.56. The molecule has 2 atom stereocenters. The average molecular weight is 140 g/mol. The van der Waals surface area contributed by atoms with E-state index in [0.29, 0.717) is 6.29 Å². The minimum atomic E-state index is -0.416. The highest BCUT2D eigenvalue weighted by molar-refractivity contribution is 6.26. The molecule has 0 spiro atoms. The number of ether oxygens (including phenoxy) is 1. The molecule has 0 fully saturated rings. The fraction of sp³-hybridized carbons (Fsp3) is 0.429. The summed E-state index contributed by atoms with van der Waals surface area (Å²) in [4.78, 5) is 20.7. The van der Waals surface area contributed by atoms with Gasteiger partial charge < -0.3 is 4.74 Å². The highest BCUT2D eigenvalue weighted by Crippen LogP contribution is 2.16. The number of ketones is 1. The molecule has 1 aliphatic rings. The van der Waals surface area contributed by atoms with E-state index in [2.05, 4.69) is 0 Å². The summed E-state index contributed by atoms with van der Waals surface area (Å²) >= 11 is 0. The van der Waals surface area contributed by atoms with Crippen LogP contribution in [0.3, 0.4) is 0 Å². The van der Waals surface area contributed by atoms with Crippen molar-refractivity contribution >= 4 is 12.1 Å². The number of aldehydes is 1. The first-order valence-corrected chi connectivity index (χ1v) is 3.07. The van der Waals surface area contributed by atoms with Gasteiger partial charge >= 0.3 is 0 Å². The fourth-order valence-electron chi connectivity index (χ4n) is 0.900. The molecular weight excluding hydrogens is 132 g/mol. The van der Waals surface area contributed by atoms with Crippen LogP contribution in [0.1, 0.15) is 6.92 Å². The predicted octanol–water partition coefficient (Wildman–Crippen LogP) is 0.303. The Hall–Kier alpha value is -1.12. The highest BCUT2D eigenvalue weighted by Gasteiger charge is 2.26. The SMILES string of the molecule is CC1OC=CC1C(=O)C=O. The van der Waals surface area contributed by atoms with E-state index < -0.39 is 5.78 Å². The first-order chi connectivity index (χ1) is 4.75. The van der Waals surface area contributed by atoms with Crippen LogP contribution in [0.5, 0.6) is 0 Å². The molecular formula is C7H8O3. The third kappa shape index (κ3) is 1.07. The molecule has 0 radical (unpaired) electrons. The molecule has 54 valence electrons. The third-order valence-electron chi connectivity index (χ3n) is 1.53. The number of hydrogen-bond acceptors (Lipinski definition) is 3. The first kappa shape index (κ1) is 6.99. The number of carbonyl (C=O) groups excluding carboxylic acids is 2. The molecule has 3 nitrogen and oxygen atoms in total. The van der Waals surface area contributed by atoms with E-state index in [0.717, 1.165) is 0 Å². The van der Waals surface area contributed by atoms with Gasteiger partial charge in [0.05, 0.1) is 12.2 Å². The number of rotatable bonds is 2. The summed E-state index contributed by atoms with van der Waals surface area (Å²) in [5.41, 5.74) is 0. The summed E-state index contributed by atoms with van der Waals surface area (Å²) in [6.07, 6.45) is 3.20. The van der Waals surface area contributed by atoms with Crippen LogP contribution in [0.25, 0.3) is 0 Å². The van der Waals surface area contributed by atoms with E-state index in [1.54, 1.807) is 13.0 Å². The van der Waals surface area contributed by atoms with Gasteiger partial charge in [-0.25, -0.2) is 0 Å². The maximum Gasteiger partial charge on any atom is 0.205 e. The van der Waals surface area contributed by atoms with E-state index in [1.807, 2.05) is 0 Å². The Labute approximate surface area is 58.7 Å². The van der Waals surface area contributed by atoms with Gasteiger partial charge in [-0.3, -0.25) is 9.59 Å². The standard InChI is InChI=1S/C7H8O3/c1-5-6(2-3-10-5)7(9)4-8/h2-6H,1H3. The molecule has 0 saturated heterocycles. The monoisotopic (exact) mass is 140 g/mol. The van der Waals surface area contributed by atoms with Crippen LogP contribution in [0.4, 0.5) is 0 Å². The van der Waals surface area contributed by atoms with Crippen LogP contribution in [0.2, 0.25) is 0 Å². The smallest absolute Gasteiger partial charge is 0.205 e. The molecule has 1 heterocycles. The van der Waals surface area contributed by atoms with Crippen molar-refractivity contribution < 1.29 is 14.3 Å². The van der Waals surface area contributed by atoms with Crippen LogP contribution in [-0.4, -0.2) is 18.2 Å². The molecule has 0 aliphatic carbocycles. The van der Waals surface area contributed by atoms with E-state index in [4.69, 9.17) is 4.74 Å². The van der Waals surface area contributed by atoms with Crippen molar-refractivity contribution in [3.05, 3.63) is 12.3 Å². The van der Waals surface area contributed by atoms with Crippen LogP contribution >= 0.6 is 0 Å². The summed E-state index contributed by atoms with van der Waals surface area (Å²) in [7, 11) is 0. The molecule has 1 aliphatic heterocycles. The van der Waals surface area contributed by atoms with Crippen LogP contribution in [0.15, 0.2) is 12.3 Å². The first-order valence-electron chi connectivity index (χ1n) is 3.07. The molecule has 0 bridgehead atoms. The summed E-state index contributed by atoms with van der Waals surface area (Å²) in [5.74, 6) is -0.779. The van der Waals surface area contributed by atoms with Crippen molar-refractivity contribution in [2.45, 2.75) is 13.0 Å². The molecule has 10 heavy (non-hydrogen) atoms. The molecule has 0 aromatic carbocycles. The van der Waals surface area contributed by atoms with Crippen LogP contribution < -0.4 is 0 Å². The maximum absolute atomic E-state index is 10.7. The lowest BCUT2D eigenvalue weighted by atomic mass is 10.0. The quantitative estimate of drug-likeness (QED) is 0.409. The zero-order valence-electron chi connectivity index (χ0n) is 5.61. The van der Waals surface area contributed by atoms with Crippen molar-refractivity contribution in [3.63, 3.8) is 0 Å². The highest BCUT2D eigenvalue weighted by atomic mass is 16.5. The molecule has 2 unspecified atom stereocenters. The summed E-state index contributed by atoms with van der Waals surface area (Å²) < 4.78 is 4.93. The molecule has 0 aromatic heterocycles. The van der Waals surface area contributed by atoms with Crippen molar-refractivity contribution in [2.24, 2.45) is 5.92 Å². The Morgan fingerprint density at radius 2 is 2.40 bits per heavy atom. The fourth-order valence-corrected chi connectivity index (χ4v) is 0.900. The van der Waals surface area contributed by atoms with Gasteiger partial charge in [-0.15, -0.1) is 0 Å². The van der Waals surface area contributed by atoms with Crippen molar-refractivity contribution in [2.75, 3.05) is 0 Å². The third-order valence-corrected chi connectivity index (χ3v) is 1.53. The van der Waals surface area contributed by atoms with Gasteiger partial charge in [0.25, 0.3) is 0 Å². The lowest BCUT2D eigenvalue weighted by Crippen LogP contribution is -2.22. The van der Waals surface area contributed by atoms with E-state index in [1.165, 1.54) is 6.26 Å². The molecule has 0 amide bonds. The van der Waals surface area contributed by atoms with Gasteiger partial charge in [0, 0.05) is 0 Å². The average Bonchev–Trinajstić information content (AvgIpc) is 2.34. The van der Waals surface area contributed by atoms with Gasteiger partial charge in [0.15, 0.2) is 6.29 Å². The maximum atomic E-state index is 10.7. The Kier molecular flexibility index (Phi) is 1.85. The molecule has 0 N–H and O–H groups in total. The van der Waals surface area contributed by atoms with Crippen molar-refractivity contribution in [3.8, 4) is 0 Å². The second-order valence-electron chi connectivity index (χ2n) is 2.22. The second-order valence-corrected chi connectivity index (χ2v) is 2.22.